The third-order valence-corrected chi connectivity index (χ3v) is 5.04. The quantitative estimate of drug-likeness (QED) is 0.159. The minimum Gasteiger partial charge on any atom is -0.507 e. The number of amides is 1. The summed E-state index contributed by atoms with van der Waals surface area (Å²) in [5, 5.41) is 31.1. The van der Waals surface area contributed by atoms with Crippen molar-refractivity contribution in [2.75, 3.05) is 26.4 Å². The molecule has 162 valence electrons. The number of benzene rings is 2. The molecular formula is C21H19ClN2O7. The highest BCUT2D eigenvalue weighted by Crippen LogP contribution is 2.39. The van der Waals surface area contributed by atoms with E-state index in [1.165, 1.54) is 29.2 Å². The number of aliphatic hydroxyl groups excluding tert-OH is 2. The molecular weight excluding hydrogens is 428 g/mol. The Kier molecular flexibility index (Phi) is 7.01. The predicted octanol–water partition coefficient (Wildman–Crippen LogP) is 2.68. The number of ketones is 1. The molecule has 31 heavy (non-hydrogen) atoms. The summed E-state index contributed by atoms with van der Waals surface area (Å²) in [6.45, 7) is 0.0298. The van der Waals surface area contributed by atoms with Gasteiger partial charge in [-0.25, -0.2) is 0 Å². The van der Waals surface area contributed by atoms with Gasteiger partial charge >= 0.3 is 0 Å². The van der Waals surface area contributed by atoms with E-state index in [1.807, 2.05) is 0 Å². The van der Waals surface area contributed by atoms with Gasteiger partial charge in [0.05, 0.1) is 36.4 Å². The van der Waals surface area contributed by atoms with Crippen molar-refractivity contribution in [2.24, 2.45) is 0 Å². The fourth-order valence-corrected chi connectivity index (χ4v) is 3.45. The molecule has 0 spiro atoms. The number of hydrogen-bond acceptors (Lipinski definition) is 7. The van der Waals surface area contributed by atoms with E-state index in [0.29, 0.717) is 10.6 Å². The smallest absolute Gasteiger partial charge is 0.295 e. The van der Waals surface area contributed by atoms with Gasteiger partial charge in [0.1, 0.15) is 5.76 Å². The van der Waals surface area contributed by atoms with Crippen molar-refractivity contribution in [3.05, 3.63) is 80.4 Å². The number of nitrogens with zero attached hydrogens (tertiary/aromatic N) is 2. The molecule has 2 aromatic rings. The van der Waals surface area contributed by atoms with E-state index in [-0.39, 0.29) is 43.2 Å². The minimum absolute atomic E-state index is 0.0505. The summed E-state index contributed by atoms with van der Waals surface area (Å²) in [5.74, 6) is -2.12. The topological polar surface area (TPSA) is 130 Å². The summed E-state index contributed by atoms with van der Waals surface area (Å²) >= 11 is 5.96. The van der Waals surface area contributed by atoms with E-state index in [1.54, 1.807) is 24.3 Å². The van der Waals surface area contributed by atoms with Crippen LogP contribution in [-0.2, 0) is 14.3 Å². The Labute approximate surface area is 182 Å². The number of likely N-dealkylation sites (tertiary alicyclic amines) is 1. The Morgan fingerprint density at radius 3 is 2.32 bits per heavy atom. The van der Waals surface area contributed by atoms with Crippen LogP contribution in [0.2, 0.25) is 5.02 Å². The summed E-state index contributed by atoms with van der Waals surface area (Å²) in [4.78, 5) is 37.1. The lowest BCUT2D eigenvalue weighted by Gasteiger charge is -2.25. The van der Waals surface area contributed by atoms with E-state index in [0.717, 1.165) is 0 Å². The van der Waals surface area contributed by atoms with Crippen molar-refractivity contribution in [2.45, 2.75) is 6.04 Å². The van der Waals surface area contributed by atoms with Crippen LogP contribution in [0, 0.1) is 10.1 Å². The van der Waals surface area contributed by atoms with Crippen LogP contribution in [0.15, 0.2) is 54.1 Å². The van der Waals surface area contributed by atoms with Crippen molar-refractivity contribution in [1.29, 1.82) is 0 Å². The number of hydrogen-bond donors (Lipinski definition) is 2. The van der Waals surface area contributed by atoms with Gasteiger partial charge in [0.25, 0.3) is 17.4 Å². The van der Waals surface area contributed by atoms with Gasteiger partial charge in [-0.15, -0.1) is 0 Å². The Bertz CT molecular complexity index is 1020. The molecule has 1 amide bonds. The average molecular weight is 447 g/mol. The van der Waals surface area contributed by atoms with Crippen LogP contribution >= 0.6 is 11.6 Å². The summed E-state index contributed by atoms with van der Waals surface area (Å²) in [7, 11) is 0. The van der Waals surface area contributed by atoms with Crippen LogP contribution in [0.4, 0.5) is 5.69 Å². The van der Waals surface area contributed by atoms with Crippen molar-refractivity contribution >= 4 is 34.7 Å². The monoisotopic (exact) mass is 446 g/mol. The highest BCUT2D eigenvalue weighted by atomic mass is 35.5. The fraction of sp³-hybridized carbons (Fsp3) is 0.238. The molecule has 1 aliphatic rings. The van der Waals surface area contributed by atoms with Crippen LogP contribution in [0.25, 0.3) is 5.76 Å². The van der Waals surface area contributed by atoms with Gasteiger partial charge in [-0.2, -0.15) is 0 Å². The molecule has 0 bridgehead atoms. The zero-order valence-corrected chi connectivity index (χ0v) is 17.0. The normalized spacial score (nSPS) is 17.9. The van der Waals surface area contributed by atoms with Crippen molar-refractivity contribution < 1.29 is 29.5 Å². The molecule has 0 radical (unpaired) electrons. The van der Waals surface area contributed by atoms with E-state index in [2.05, 4.69) is 0 Å². The number of nitro groups is 1. The fourth-order valence-electron chi connectivity index (χ4n) is 3.33. The third kappa shape index (κ3) is 4.74. The second kappa shape index (κ2) is 9.69. The Morgan fingerprint density at radius 2 is 1.74 bits per heavy atom. The van der Waals surface area contributed by atoms with E-state index in [4.69, 9.17) is 21.4 Å². The second-order valence-corrected chi connectivity index (χ2v) is 7.12. The summed E-state index contributed by atoms with van der Waals surface area (Å²) in [6.07, 6.45) is 0. The molecule has 0 unspecified atom stereocenters. The molecule has 1 fully saturated rings. The van der Waals surface area contributed by atoms with Gasteiger partial charge < -0.3 is 19.8 Å². The highest BCUT2D eigenvalue weighted by molar-refractivity contribution is 6.46. The lowest BCUT2D eigenvalue weighted by atomic mass is 9.95. The van der Waals surface area contributed by atoms with Crippen molar-refractivity contribution in [3.63, 3.8) is 0 Å². The Morgan fingerprint density at radius 1 is 1.10 bits per heavy atom. The number of ether oxygens (including phenoxy) is 1. The first-order valence-electron chi connectivity index (χ1n) is 9.32. The zero-order chi connectivity index (χ0) is 22.5. The zero-order valence-electron chi connectivity index (χ0n) is 16.2. The molecule has 0 aliphatic carbocycles. The summed E-state index contributed by atoms with van der Waals surface area (Å²) in [5.41, 5.74) is 0.406. The summed E-state index contributed by atoms with van der Waals surface area (Å²) < 4.78 is 5.23. The Hall–Kier alpha value is -3.27. The molecule has 3 rings (SSSR count). The van der Waals surface area contributed by atoms with Gasteiger partial charge in [-0.1, -0.05) is 23.7 Å². The van der Waals surface area contributed by atoms with Crippen molar-refractivity contribution in [3.8, 4) is 0 Å². The molecule has 1 aliphatic heterocycles. The van der Waals surface area contributed by atoms with Crippen LogP contribution in [-0.4, -0.2) is 58.1 Å². The van der Waals surface area contributed by atoms with E-state index < -0.39 is 28.4 Å². The number of rotatable bonds is 8. The first kappa shape index (κ1) is 22.4. The largest absolute Gasteiger partial charge is 0.507 e. The maximum atomic E-state index is 12.8. The molecule has 2 aromatic carbocycles. The van der Waals surface area contributed by atoms with Crippen LogP contribution in [0.5, 0.6) is 0 Å². The van der Waals surface area contributed by atoms with E-state index >= 15 is 0 Å². The number of carbonyl (C=O) groups excluding carboxylic acids is 2. The Balaban J connectivity index is 2.05. The molecule has 1 atom stereocenters. The van der Waals surface area contributed by atoms with Gasteiger partial charge in [0, 0.05) is 29.3 Å². The summed E-state index contributed by atoms with van der Waals surface area (Å²) in [6, 6.07) is 10.6. The second-order valence-electron chi connectivity index (χ2n) is 6.68. The van der Waals surface area contributed by atoms with Crippen LogP contribution < -0.4 is 0 Å². The van der Waals surface area contributed by atoms with Crippen LogP contribution in [0.1, 0.15) is 17.2 Å². The van der Waals surface area contributed by atoms with E-state index in [9.17, 15) is 24.8 Å². The molecule has 1 saturated heterocycles. The molecule has 10 heteroatoms. The molecule has 0 aromatic heterocycles. The average Bonchev–Trinajstić information content (AvgIpc) is 3.01. The molecule has 1 heterocycles. The minimum atomic E-state index is -0.898. The van der Waals surface area contributed by atoms with Gasteiger partial charge in [-0.05, 0) is 29.8 Å². The number of nitro benzene ring substituents is 1. The first-order valence-corrected chi connectivity index (χ1v) is 9.70. The lowest BCUT2D eigenvalue weighted by Crippen LogP contribution is -2.33. The van der Waals surface area contributed by atoms with Crippen LogP contribution in [0.3, 0.4) is 0 Å². The molecule has 9 nitrogen and oxygen atoms in total. The number of Topliss-reactive ketones (excluding diaryl/α,β-unsaturated/α-hetero) is 1. The van der Waals surface area contributed by atoms with Gasteiger partial charge in [0.15, 0.2) is 0 Å². The SMILES string of the molecule is O=C1C(=O)N(CCOCCO)[C@H](c2ccc(Cl)cc2)C1=C(O)c1ccc([N+](=O)[O-])cc1. The predicted molar refractivity (Wildman–Crippen MR) is 111 cm³/mol. The molecule has 2 N–H and O–H groups in total. The highest BCUT2D eigenvalue weighted by Gasteiger charge is 2.45. The first-order chi connectivity index (χ1) is 14.8. The maximum Gasteiger partial charge on any atom is 0.295 e. The maximum absolute atomic E-state index is 12.8. The van der Waals surface area contributed by atoms with Gasteiger partial charge in [-0.3, -0.25) is 19.7 Å². The number of carbonyl (C=O) groups is 2. The standard InChI is InChI=1S/C21H19ClN2O7/c22-15-5-1-13(2-6-15)18-17(19(26)14-3-7-16(8-4-14)24(29)30)20(27)21(28)23(18)9-11-31-12-10-25/h1-8,18,25-26H,9-12H2/t18-/m1/s1. The molecule has 0 saturated carbocycles. The van der Waals surface area contributed by atoms with Gasteiger partial charge in [0.2, 0.25) is 0 Å². The number of aliphatic hydroxyl groups is 2. The number of non-ortho nitro benzene ring substituents is 1. The lowest BCUT2D eigenvalue weighted by molar-refractivity contribution is -0.384. The number of halogens is 1. The third-order valence-electron chi connectivity index (χ3n) is 4.79. The van der Waals surface area contributed by atoms with Crippen molar-refractivity contribution in [1.82, 2.24) is 4.90 Å².